The SMILES string of the molecule is CCCOc1ccc(OC2CCCNCC2)cc1. The smallest absolute Gasteiger partial charge is 0.119 e. The average molecular weight is 249 g/mol. The molecule has 18 heavy (non-hydrogen) atoms. The highest BCUT2D eigenvalue weighted by Gasteiger charge is 2.13. The molecule has 0 aliphatic carbocycles. The number of rotatable bonds is 5. The van der Waals surface area contributed by atoms with Crippen molar-refractivity contribution in [3.05, 3.63) is 24.3 Å². The van der Waals surface area contributed by atoms with Gasteiger partial charge in [-0.15, -0.1) is 0 Å². The zero-order chi connectivity index (χ0) is 12.6. The van der Waals surface area contributed by atoms with Crippen LogP contribution in [0.1, 0.15) is 32.6 Å². The minimum Gasteiger partial charge on any atom is -0.494 e. The van der Waals surface area contributed by atoms with Crippen LogP contribution in [0.2, 0.25) is 0 Å². The molecule has 0 spiro atoms. The number of nitrogens with one attached hydrogen (secondary N) is 1. The highest BCUT2D eigenvalue weighted by molar-refractivity contribution is 5.31. The third-order valence-corrected chi connectivity index (χ3v) is 3.12. The van der Waals surface area contributed by atoms with Gasteiger partial charge in [-0.25, -0.2) is 0 Å². The fourth-order valence-corrected chi connectivity index (χ4v) is 2.13. The second-order valence-corrected chi connectivity index (χ2v) is 4.74. The maximum Gasteiger partial charge on any atom is 0.119 e. The van der Waals surface area contributed by atoms with E-state index in [0.717, 1.165) is 50.5 Å². The summed E-state index contributed by atoms with van der Waals surface area (Å²) < 4.78 is 11.6. The quantitative estimate of drug-likeness (QED) is 0.870. The Kier molecular flexibility index (Phi) is 5.34. The summed E-state index contributed by atoms with van der Waals surface area (Å²) in [6.45, 7) is 5.05. The molecule has 0 radical (unpaired) electrons. The molecule has 2 rings (SSSR count). The van der Waals surface area contributed by atoms with Gasteiger partial charge in [0.1, 0.15) is 11.5 Å². The molecule has 1 heterocycles. The molecule has 1 saturated heterocycles. The predicted molar refractivity (Wildman–Crippen MR) is 73.4 cm³/mol. The van der Waals surface area contributed by atoms with Crippen molar-refractivity contribution in [1.29, 1.82) is 0 Å². The summed E-state index contributed by atoms with van der Waals surface area (Å²) in [6, 6.07) is 7.98. The molecule has 1 fully saturated rings. The molecule has 1 atom stereocenters. The zero-order valence-corrected chi connectivity index (χ0v) is 11.2. The van der Waals surface area contributed by atoms with Crippen LogP contribution in [0.4, 0.5) is 0 Å². The Hall–Kier alpha value is -1.22. The van der Waals surface area contributed by atoms with E-state index >= 15 is 0 Å². The lowest BCUT2D eigenvalue weighted by molar-refractivity contribution is 0.187. The van der Waals surface area contributed by atoms with Gasteiger partial charge in [0.25, 0.3) is 0 Å². The molecular formula is C15H23NO2. The topological polar surface area (TPSA) is 30.5 Å². The summed E-state index contributed by atoms with van der Waals surface area (Å²) in [4.78, 5) is 0. The first-order valence-electron chi connectivity index (χ1n) is 6.98. The molecule has 0 amide bonds. The summed E-state index contributed by atoms with van der Waals surface area (Å²) in [7, 11) is 0. The Bertz CT molecular complexity index is 329. The van der Waals surface area contributed by atoms with Gasteiger partial charge in [0, 0.05) is 0 Å². The average Bonchev–Trinajstić information content (AvgIpc) is 2.67. The van der Waals surface area contributed by atoms with Crippen LogP contribution in [-0.4, -0.2) is 25.8 Å². The van der Waals surface area contributed by atoms with E-state index in [1.165, 1.54) is 6.42 Å². The van der Waals surface area contributed by atoms with Gasteiger partial charge in [-0.05, 0) is 63.0 Å². The third kappa shape index (κ3) is 4.22. The van der Waals surface area contributed by atoms with Gasteiger partial charge in [0.15, 0.2) is 0 Å². The summed E-state index contributed by atoms with van der Waals surface area (Å²) in [6.07, 6.45) is 4.81. The van der Waals surface area contributed by atoms with Gasteiger partial charge in [-0.3, -0.25) is 0 Å². The monoisotopic (exact) mass is 249 g/mol. The van der Waals surface area contributed by atoms with E-state index in [1.807, 2.05) is 24.3 Å². The van der Waals surface area contributed by atoms with E-state index in [-0.39, 0.29) is 0 Å². The van der Waals surface area contributed by atoms with E-state index in [0.29, 0.717) is 6.10 Å². The first-order chi connectivity index (χ1) is 8.88. The highest BCUT2D eigenvalue weighted by Crippen LogP contribution is 2.21. The maximum absolute atomic E-state index is 6.00. The van der Waals surface area contributed by atoms with Crippen LogP contribution < -0.4 is 14.8 Å². The van der Waals surface area contributed by atoms with Crippen LogP contribution in [0, 0.1) is 0 Å². The van der Waals surface area contributed by atoms with E-state index < -0.39 is 0 Å². The van der Waals surface area contributed by atoms with Crippen molar-refractivity contribution in [2.75, 3.05) is 19.7 Å². The molecule has 3 nitrogen and oxygen atoms in total. The zero-order valence-electron chi connectivity index (χ0n) is 11.2. The van der Waals surface area contributed by atoms with Gasteiger partial charge in [-0.1, -0.05) is 6.92 Å². The van der Waals surface area contributed by atoms with Crippen molar-refractivity contribution < 1.29 is 9.47 Å². The van der Waals surface area contributed by atoms with Crippen molar-refractivity contribution >= 4 is 0 Å². The number of hydrogen-bond donors (Lipinski definition) is 1. The van der Waals surface area contributed by atoms with Crippen molar-refractivity contribution in [2.24, 2.45) is 0 Å². The molecule has 0 aromatic heterocycles. The molecule has 1 N–H and O–H groups in total. The van der Waals surface area contributed by atoms with Gasteiger partial charge in [-0.2, -0.15) is 0 Å². The van der Waals surface area contributed by atoms with Crippen LogP contribution in [0.5, 0.6) is 11.5 Å². The number of benzene rings is 1. The maximum atomic E-state index is 6.00. The number of hydrogen-bond acceptors (Lipinski definition) is 3. The van der Waals surface area contributed by atoms with Crippen LogP contribution >= 0.6 is 0 Å². The Labute approximate surface area is 109 Å². The fraction of sp³-hybridized carbons (Fsp3) is 0.600. The van der Waals surface area contributed by atoms with Crippen molar-refractivity contribution in [2.45, 2.75) is 38.7 Å². The Morgan fingerprint density at radius 1 is 1.11 bits per heavy atom. The predicted octanol–water partition coefficient (Wildman–Crippen LogP) is 3.00. The molecule has 1 aliphatic heterocycles. The summed E-state index contributed by atoms with van der Waals surface area (Å²) in [5.41, 5.74) is 0. The lowest BCUT2D eigenvalue weighted by atomic mass is 10.1. The van der Waals surface area contributed by atoms with Crippen molar-refractivity contribution in [3.63, 3.8) is 0 Å². The molecule has 3 heteroatoms. The highest BCUT2D eigenvalue weighted by atomic mass is 16.5. The van der Waals surface area contributed by atoms with E-state index in [2.05, 4.69) is 12.2 Å². The molecule has 1 unspecified atom stereocenters. The van der Waals surface area contributed by atoms with Gasteiger partial charge < -0.3 is 14.8 Å². The largest absolute Gasteiger partial charge is 0.494 e. The molecule has 0 bridgehead atoms. The Morgan fingerprint density at radius 2 is 1.89 bits per heavy atom. The fourth-order valence-electron chi connectivity index (χ4n) is 2.13. The van der Waals surface area contributed by atoms with E-state index in [1.54, 1.807) is 0 Å². The molecule has 1 aromatic carbocycles. The minimum atomic E-state index is 0.349. The number of ether oxygens (including phenoxy) is 2. The Balaban J connectivity index is 1.84. The summed E-state index contributed by atoms with van der Waals surface area (Å²) in [5.74, 6) is 1.87. The lowest BCUT2D eigenvalue weighted by Crippen LogP contribution is -2.19. The van der Waals surface area contributed by atoms with E-state index in [4.69, 9.17) is 9.47 Å². The Morgan fingerprint density at radius 3 is 2.67 bits per heavy atom. The first kappa shape index (κ1) is 13.2. The van der Waals surface area contributed by atoms with Crippen LogP contribution in [0.25, 0.3) is 0 Å². The molecule has 1 aliphatic rings. The normalized spacial score (nSPS) is 20.2. The third-order valence-electron chi connectivity index (χ3n) is 3.12. The molecular weight excluding hydrogens is 226 g/mol. The molecule has 0 saturated carbocycles. The first-order valence-corrected chi connectivity index (χ1v) is 6.98. The summed E-state index contributed by atoms with van der Waals surface area (Å²) in [5, 5.41) is 3.40. The van der Waals surface area contributed by atoms with Crippen LogP contribution in [-0.2, 0) is 0 Å². The second-order valence-electron chi connectivity index (χ2n) is 4.74. The summed E-state index contributed by atoms with van der Waals surface area (Å²) >= 11 is 0. The standard InChI is InChI=1S/C15H23NO2/c1-2-12-17-13-5-7-15(8-6-13)18-14-4-3-10-16-11-9-14/h5-8,14,16H,2-4,9-12H2,1H3. The van der Waals surface area contributed by atoms with Crippen molar-refractivity contribution in [3.8, 4) is 11.5 Å². The lowest BCUT2D eigenvalue weighted by Gasteiger charge is -2.16. The van der Waals surface area contributed by atoms with Gasteiger partial charge >= 0.3 is 0 Å². The van der Waals surface area contributed by atoms with Crippen LogP contribution in [0.3, 0.4) is 0 Å². The second kappa shape index (κ2) is 7.27. The minimum absolute atomic E-state index is 0.349. The van der Waals surface area contributed by atoms with Crippen molar-refractivity contribution in [1.82, 2.24) is 5.32 Å². The molecule has 100 valence electrons. The van der Waals surface area contributed by atoms with E-state index in [9.17, 15) is 0 Å². The van der Waals surface area contributed by atoms with Gasteiger partial charge in [0.05, 0.1) is 12.7 Å². The van der Waals surface area contributed by atoms with Crippen LogP contribution in [0.15, 0.2) is 24.3 Å². The molecule has 1 aromatic rings. The van der Waals surface area contributed by atoms with Gasteiger partial charge in [0.2, 0.25) is 0 Å².